The number of allylic oxidation sites excluding steroid dienone is 1. The van der Waals surface area contributed by atoms with E-state index >= 15 is 0 Å². The van der Waals surface area contributed by atoms with Crippen molar-refractivity contribution >= 4 is 17.8 Å². The normalized spacial score (nSPS) is 25.1. The smallest absolute Gasteiger partial charge is 0.364 e. The Bertz CT molecular complexity index is 1560. The summed E-state index contributed by atoms with van der Waals surface area (Å²) in [4.78, 5) is 38.4. The topological polar surface area (TPSA) is 294 Å². The zero-order valence-corrected chi connectivity index (χ0v) is 49.2. The summed E-state index contributed by atoms with van der Waals surface area (Å²) in [5, 5.41) is 102. The molecule has 2 saturated heterocycles. The molecule has 0 bridgehead atoms. The van der Waals surface area contributed by atoms with Gasteiger partial charge in [0.1, 0.15) is 42.7 Å². The number of unbranched alkanes of at least 4 members (excludes halogenated alkanes) is 33. The lowest BCUT2D eigenvalue weighted by Gasteiger charge is -2.50. The predicted octanol–water partition coefficient (Wildman–Crippen LogP) is 8.46. The fraction of sp³-hybridized carbons (Fsp3) is 0.918. The Morgan fingerprint density at radius 2 is 1.09 bits per heavy atom. The predicted molar refractivity (Wildman–Crippen MR) is 306 cm³/mol. The molecule has 18 heteroatoms. The standard InChI is InChI=1S/C61H114N2O16/c1-4-6-8-10-12-14-16-18-19-20-21-22-23-24-25-26-27-29-31-33-35-37-39-41-52(70)63-47(48(67)40-38-36-34-32-30-28-17-15-13-11-9-7-5-2)45-76-59-56(73)58(55(72)51(44-65)77-59)79-61(60(74)75)42-49(68)53(62-46(3)66)57(78-61)54(71)50(69)43-64/h38,40,47-51,53-59,64-65,67-69,71-73H,4-37,39,41-45H2,1-3H3,(H,62,66)(H,63,70)(H,74,75)/b40-38+/t47-,48+,49?,50+,51?,53+,54+,55-,56?,57?,58-,59+,61-/m0/s1. The monoisotopic (exact) mass is 1130 g/mol. The van der Waals surface area contributed by atoms with E-state index in [4.69, 9.17) is 18.9 Å². The Hall–Kier alpha value is -2.33. The minimum absolute atomic E-state index is 0.207. The van der Waals surface area contributed by atoms with Crippen molar-refractivity contribution in [2.24, 2.45) is 0 Å². The fourth-order valence-electron chi connectivity index (χ4n) is 10.9. The summed E-state index contributed by atoms with van der Waals surface area (Å²) >= 11 is 0. The maximum absolute atomic E-state index is 13.4. The van der Waals surface area contributed by atoms with Crippen LogP contribution in [0.1, 0.15) is 258 Å². The van der Waals surface area contributed by atoms with Crippen molar-refractivity contribution in [2.75, 3.05) is 19.8 Å². The number of nitrogens with one attached hydrogen (secondary N) is 2. The summed E-state index contributed by atoms with van der Waals surface area (Å²) in [6, 6.07) is -2.55. The van der Waals surface area contributed by atoms with E-state index in [1.54, 1.807) is 6.08 Å². The summed E-state index contributed by atoms with van der Waals surface area (Å²) in [6.07, 6.45) is 27.6. The zero-order valence-electron chi connectivity index (χ0n) is 49.2. The maximum atomic E-state index is 13.4. The Balaban J connectivity index is 1.95. The number of aliphatic hydroxyl groups excluding tert-OH is 8. The number of aliphatic hydroxyl groups is 8. The molecular weight excluding hydrogens is 1020 g/mol. The van der Waals surface area contributed by atoms with Gasteiger partial charge in [0.05, 0.1) is 44.1 Å². The Kier molecular flexibility index (Phi) is 41.6. The summed E-state index contributed by atoms with van der Waals surface area (Å²) < 4.78 is 23.2. The van der Waals surface area contributed by atoms with Crippen LogP contribution in [-0.2, 0) is 33.3 Å². The number of hydrogen-bond donors (Lipinski definition) is 11. The molecule has 2 aliphatic heterocycles. The molecule has 2 aliphatic rings. The number of aliphatic carboxylic acids is 1. The van der Waals surface area contributed by atoms with Crippen LogP contribution in [-0.4, -0.2) is 163 Å². The Morgan fingerprint density at radius 1 is 0.646 bits per heavy atom. The minimum atomic E-state index is -2.96. The van der Waals surface area contributed by atoms with Gasteiger partial charge in [0.2, 0.25) is 11.8 Å². The molecule has 0 aromatic rings. The van der Waals surface area contributed by atoms with E-state index in [1.807, 2.05) is 6.08 Å². The van der Waals surface area contributed by atoms with Crippen LogP contribution in [0.15, 0.2) is 12.2 Å². The van der Waals surface area contributed by atoms with Gasteiger partial charge >= 0.3 is 5.97 Å². The molecule has 464 valence electrons. The molecule has 0 saturated carbocycles. The van der Waals surface area contributed by atoms with Crippen molar-refractivity contribution < 1.29 is 79.3 Å². The first-order valence-corrected chi connectivity index (χ1v) is 31.5. The molecule has 11 N–H and O–H groups in total. The molecule has 2 fully saturated rings. The highest BCUT2D eigenvalue weighted by Crippen LogP contribution is 2.38. The first-order chi connectivity index (χ1) is 38.2. The van der Waals surface area contributed by atoms with Crippen LogP contribution >= 0.6 is 0 Å². The van der Waals surface area contributed by atoms with Crippen LogP contribution < -0.4 is 10.6 Å². The van der Waals surface area contributed by atoms with E-state index in [0.29, 0.717) is 12.8 Å². The first kappa shape index (κ1) is 72.8. The van der Waals surface area contributed by atoms with Crippen LogP contribution in [0.4, 0.5) is 0 Å². The number of carboxylic acid groups (broad SMARTS) is 1. The summed E-state index contributed by atoms with van der Waals surface area (Å²) in [5.74, 6) is -5.87. The highest BCUT2D eigenvalue weighted by molar-refractivity contribution is 5.77. The van der Waals surface area contributed by atoms with Crippen molar-refractivity contribution in [1.29, 1.82) is 0 Å². The van der Waals surface area contributed by atoms with E-state index in [2.05, 4.69) is 24.5 Å². The molecule has 0 spiro atoms. The third-order valence-corrected chi connectivity index (χ3v) is 15.8. The van der Waals surface area contributed by atoms with Crippen molar-refractivity contribution in [3.63, 3.8) is 0 Å². The first-order valence-electron chi connectivity index (χ1n) is 31.5. The van der Waals surface area contributed by atoms with Gasteiger partial charge in [-0.3, -0.25) is 9.59 Å². The lowest BCUT2D eigenvalue weighted by atomic mass is 9.88. The van der Waals surface area contributed by atoms with E-state index in [1.165, 1.54) is 173 Å². The van der Waals surface area contributed by atoms with Gasteiger partial charge in [0, 0.05) is 19.8 Å². The van der Waals surface area contributed by atoms with Crippen molar-refractivity contribution in [3.8, 4) is 0 Å². The maximum Gasteiger partial charge on any atom is 0.364 e. The number of carbonyl (C=O) groups is 3. The zero-order chi connectivity index (χ0) is 58.1. The number of ether oxygens (including phenoxy) is 4. The van der Waals surface area contributed by atoms with E-state index in [9.17, 15) is 60.3 Å². The summed E-state index contributed by atoms with van der Waals surface area (Å²) in [7, 11) is 0. The summed E-state index contributed by atoms with van der Waals surface area (Å²) in [6.45, 7) is 3.27. The van der Waals surface area contributed by atoms with Crippen LogP contribution in [0, 0.1) is 0 Å². The minimum Gasteiger partial charge on any atom is -0.477 e. The van der Waals surface area contributed by atoms with Gasteiger partial charge in [-0.1, -0.05) is 231 Å². The number of amides is 2. The van der Waals surface area contributed by atoms with Gasteiger partial charge in [-0.15, -0.1) is 0 Å². The van der Waals surface area contributed by atoms with Gasteiger partial charge in [-0.05, 0) is 19.3 Å². The molecule has 0 radical (unpaired) electrons. The molecule has 79 heavy (non-hydrogen) atoms. The highest BCUT2D eigenvalue weighted by atomic mass is 16.8. The van der Waals surface area contributed by atoms with Gasteiger partial charge in [-0.25, -0.2) is 4.79 Å². The molecule has 2 rings (SSSR count). The average Bonchev–Trinajstić information content (AvgIpc) is 3.47. The van der Waals surface area contributed by atoms with Gasteiger partial charge in [0.15, 0.2) is 6.29 Å². The molecule has 4 unspecified atom stereocenters. The van der Waals surface area contributed by atoms with E-state index < -0.39 is 117 Å². The molecule has 2 heterocycles. The molecule has 0 aromatic heterocycles. The lowest BCUT2D eigenvalue weighted by Crippen LogP contribution is -2.70. The van der Waals surface area contributed by atoms with Crippen molar-refractivity contribution in [3.05, 3.63) is 12.2 Å². The summed E-state index contributed by atoms with van der Waals surface area (Å²) in [5.41, 5.74) is 0. The molecule has 0 aromatic carbocycles. The molecule has 2 amide bonds. The second-order valence-electron chi connectivity index (χ2n) is 22.9. The third-order valence-electron chi connectivity index (χ3n) is 15.8. The Morgan fingerprint density at radius 3 is 1.51 bits per heavy atom. The number of carboxylic acids is 1. The second-order valence-corrected chi connectivity index (χ2v) is 22.9. The third kappa shape index (κ3) is 30.7. The van der Waals surface area contributed by atoms with Gasteiger partial charge in [-0.2, -0.15) is 0 Å². The van der Waals surface area contributed by atoms with Crippen LogP contribution in [0.25, 0.3) is 0 Å². The molecule has 13 atom stereocenters. The van der Waals surface area contributed by atoms with Crippen LogP contribution in [0.5, 0.6) is 0 Å². The molecule has 18 nitrogen and oxygen atoms in total. The largest absolute Gasteiger partial charge is 0.477 e. The number of hydrogen-bond acceptors (Lipinski definition) is 15. The van der Waals surface area contributed by atoms with E-state index in [0.717, 1.165) is 45.4 Å². The molecular formula is C61H114N2O16. The Labute approximate surface area is 475 Å². The van der Waals surface area contributed by atoms with Crippen molar-refractivity contribution in [1.82, 2.24) is 10.6 Å². The average molecular weight is 1130 g/mol. The van der Waals surface area contributed by atoms with Gasteiger partial charge in [0.25, 0.3) is 5.79 Å². The van der Waals surface area contributed by atoms with Crippen LogP contribution in [0.2, 0.25) is 0 Å². The van der Waals surface area contributed by atoms with E-state index in [-0.39, 0.29) is 12.3 Å². The second kappa shape index (κ2) is 45.1. The fourth-order valence-corrected chi connectivity index (χ4v) is 10.9. The molecule has 0 aliphatic carbocycles. The highest BCUT2D eigenvalue weighted by Gasteiger charge is 2.59. The number of carbonyl (C=O) groups excluding carboxylic acids is 2. The van der Waals surface area contributed by atoms with Crippen molar-refractivity contribution in [2.45, 2.75) is 337 Å². The number of rotatable bonds is 50. The SMILES string of the molecule is CCCCCCCCCCCCC/C=C/[C@@H](O)[C@H](CO[C@@H]1OC(CO)[C@H](O)[C@H](O[C@]2(C(=O)O)CC(O)[C@@H](NC(C)=O)C([C@H](O)[C@H](O)CO)O2)C1O)NC(=O)CCCCCCCCCCCCCCCCCCCCCCCCC. The lowest BCUT2D eigenvalue weighted by molar-refractivity contribution is -0.370. The van der Waals surface area contributed by atoms with Gasteiger partial charge < -0.3 is 75.5 Å². The van der Waals surface area contributed by atoms with Crippen LogP contribution in [0.3, 0.4) is 0 Å². The quantitative estimate of drug-likeness (QED) is 0.0201.